The first kappa shape index (κ1) is 24.5. The van der Waals surface area contributed by atoms with E-state index in [1.54, 1.807) is 0 Å². The van der Waals surface area contributed by atoms with Gasteiger partial charge in [-0.15, -0.1) is 4.83 Å². The molecule has 2 rings (SSSR count). The Morgan fingerprint density at radius 1 is 1.28 bits per heavy atom. The third-order valence-electron chi connectivity index (χ3n) is 6.06. The van der Waals surface area contributed by atoms with Gasteiger partial charge in [0.2, 0.25) is 0 Å². The Morgan fingerprint density at radius 3 is 2.38 bits per heavy atom. The van der Waals surface area contributed by atoms with Crippen molar-refractivity contribution in [2.24, 2.45) is 11.7 Å². The van der Waals surface area contributed by atoms with Crippen molar-refractivity contribution in [3.8, 4) is 0 Å². The lowest BCUT2D eigenvalue weighted by molar-refractivity contribution is -0.144. The molecule has 13 heteroatoms. The van der Waals surface area contributed by atoms with Crippen LogP contribution in [0.25, 0.3) is 0 Å². The zero-order chi connectivity index (χ0) is 22.1. The van der Waals surface area contributed by atoms with Crippen LogP contribution in [-0.4, -0.2) is 79.0 Å². The first-order valence-electron chi connectivity index (χ1n) is 9.74. The van der Waals surface area contributed by atoms with Crippen molar-refractivity contribution < 1.29 is 32.7 Å². The molecular formula is C16H33BN4O7S. The molecule has 0 bridgehead atoms. The predicted octanol–water partition coefficient (Wildman–Crippen LogP) is -1.10. The molecule has 0 spiro atoms. The molecule has 0 aliphatic carbocycles. The van der Waals surface area contributed by atoms with Gasteiger partial charge < -0.3 is 25.3 Å². The summed E-state index contributed by atoms with van der Waals surface area (Å²) in [4.78, 5) is 13.9. The van der Waals surface area contributed by atoms with Crippen molar-refractivity contribution >= 4 is 23.3 Å². The highest BCUT2D eigenvalue weighted by molar-refractivity contribution is 7.87. The van der Waals surface area contributed by atoms with Gasteiger partial charge in [-0.05, 0) is 40.4 Å². The third-order valence-corrected chi connectivity index (χ3v) is 7.42. The van der Waals surface area contributed by atoms with Gasteiger partial charge in [0.05, 0.1) is 17.8 Å². The van der Waals surface area contributed by atoms with E-state index in [1.807, 2.05) is 27.7 Å². The maximum atomic E-state index is 12.4. The second kappa shape index (κ2) is 8.75. The van der Waals surface area contributed by atoms with E-state index >= 15 is 0 Å². The highest BCUT2D eigenvalue weighted by Gasteiger charge is 2.53. The number of nitrogens with two attached hydrogens (primary N) is 1. The maximum absolute atomic E-state index is 12.4. The van der Waals surface area contributed by atoms with Crippen LogP contribution >= 0.6 is 0 Å². The number of rotatable bonds is 10. The van der Waals surface area contributed by atoms with E-state index in [-0.39, 0.29) is 26.2 Å². The maximum Gasteiger partial charge on any atom is 0.457 e. The Kier molecular flexibility index (Phi) is 7.38. The quantitative estimate of drug-likeness (QED) is 0.163. The van der Waals surface area contributed by atoms with E-state index in [2.05, 4.69) is 10.3 Å². The van der Waals surface area contributed by atoms with Crippen molar-refractivity contribution in [3.05, 3.63) is 0 Å². The predicted molar refractivity (Wildman–Crippen MR) is 107 cm³/mol. The number of aliphatic hydroxyl groups is 1. The van der Waals surface area contributed by atoms with Crippen LogP contribution in [0.3, 0.4) is 0 Å². The first-order valence-corrected chi connectivity index (χ1v) is 11.2. The van der Waals surface area contributed by atoms with Crippen molar-refractivity contribution in [1.29, 1.82) is 0 Å². The molecule has 0 aromatic carbocycles. The number of carboxylic acid groups (broad SMARTS) is 1. The second-order valence-corrected chi connectivity index (χ2v) is 10.4. The number of aliphatic hydroxyl groups excluding tert-OH is 1. The summed E-state index contributed by atoms with van der Waals surface area (Å²) in [6.45, 7) is 7.26. The monoisotopic (exact) mass is 436 g/mol. The fraction of sp³-hybridized carbons (Fsp3) is 0.938. The van der Waals surface area contributed by atoms with Gasteiger partial charge >= 0.3 is 13.1 Å². The molecule has 11 nitrogen and oxygen atoms in total. The highest BCUT2D eigenvalue weighted by Crippen LogP contribution is 2.39. The van der Waals surface area contributed by atoms with E-state index < -0.39 is 46.0 Å². The van der Waals surface area contributed by atoms with Crippen LogP contribution in [0.15, 0.2) is 0 Å². The molecule has 0 amide bonds. The van der Waals surface area contributed by atoms with E-state index in [1.165, 1.54) is 0 Å². The molecule has 0 aromatic rings. The molecule has 2 saturated heterocycles. The fourth-order valence-electron chi connectivity index (χ4n) is 3.54. The third kappa shape index (κ3) is 5.28. The molecule has 2 aliphatic rings. The lowest BCUT2D eigenvalue weighted by atomic mass is 9.78. The smallest absolute Gasteiger partial charge is 0.457 e. The van der Waals surface area contributed by atoms with Crippen molar-refractivity contribution in [2.45, 2.75) is 63.6 Å². The minimum Gasteiger partial charge on any atom is -0.480 e. The Balaban J connectivity index is 1.97. The molecule has 0 radical (unpaired) electrons. The number of nitrogens with zero attached hydrogens (tertiary/aromatic N) is 1. The summed E-state index contributed by atoms with van der Waals surface area (Å²) in [5, 5.41) is 18.4. The van der Waals surface area contributed by atoms with Crippen LogP contribution in [0.4, 0.5) is 0 Å². The normalized spacial score (nSPS) is 29.4. The minimum atomic E-state index is -3.97. The summed E-state index contributed by atoms with van der Waals surface area (Å²) in [7, 11) is -4.37. The van der Waals surface area contributed by atoms with E-state index in [0.717, 1.165) is 4.31 Å². The SMILES string of the molecule is CC1(C)OB(CCCC2CN(S(=O)(=O)NNCCO)CC2(N)C(=O)O)OC1(C)C. The second-order valence-electron chi connectivity index (χ2n) is 8.71. The van der Waals surface area contributed by atoms with Gasteiger partial charge in [0.1, 0.15) is 5.54 Å². The van der Waals surface area contributed by atoms with Gasteiger partial charge in [-0.3, -0.25) is 4.79 Å². The van der Waals surface area contributed by atoms with Gasteiger partial charge in [-0.1, -0.05) is 6.42 Å². The Hall–Kier alpha value is -0.795. The zero-order valence-electron chi connectivity index (χ0n) is 17.5. The largest absolute Gasteiger partial charge is 0.480 e. The van der Waals surface area contributed by atoms with Crippen LogP contribution in [0.2, 0.25) is 6.32 Å². The molecule has 0 aromatic heterocycles. The fourth-order valence-corrected chi connectivity index (χ4v) is 4.72. The van der Waals surface area contributed by atoms with Crippen LogP contribution in [0.1, 0.15) is 40.5 Å². The van der Waals surface area contributed by atoms with Crippen molar-refractivity contribution in [2.75, 3.05) is 26.2 Å². The summed E-state index contributed by atoms with van der Waals surface area (Å²) in [6.07, 6.45) is 1.56. The summed E-state index contributed by atoms with van der Waals surface area (Å²) in [5.74, 6) is -1.80. The van der Waals surface area contributed by atoms with Crippen molar-refractivity contribution in [1.82, 2.24) is 14.6 Å². The first-order chi connectivity index (χ1) is 13.2. The Labute approximate surface area is 172 Å². The van der Waals surface area contributed by atoms with E-state index in [9.17, 15) is 18.3 Å². The number of hydrazine groups is 1. The molecule has 2 aliphatic heterocycles. The van der Waals surface area contributed by atoms with Gasteiger partial charge in [-0.2, -0.15) is 12.7 Å². The summed E-state index contributed by atoms with van der Waals surface area (Å²) < 4.78 is 37.6. The summed E-state index contributed by atoms with van der Waals surface area (Å²) in [5.41, 5.74) is 5.92. The summed E-state index contributed by atoms with van der Waals surface area (Å²) in [6, 6.07) is 0. The number of hydrogen-bond donors (Lipinski definition) is 5. The lowest BCUT2D eigenvalue weighted by Crippen LogP contribution is -2.56. The van der Waals surface area contributed by atoms with Crippen LogP contribution in [0.5, 0.6) is 0 Å². The van der Waals surface area contributed by atoms with E-state index in [4.69, 9.17) is 20.1 Å². The number of carboxylic acids is 1. The molecule has 2 atom stereocenters. The molecule has 0 saturated carbocycles. The van der Waals surface area contributed by atoms with Gasteiger partial charge in [-0.25, -0.2) is 5.43 Å². The Bertz CT molecular complexity index is 689. The zero-order valence-corrected chi connectivity index (χ0v) is 18.3. The average molecular weight is 436 g/mol. The molecule has 2 fully saturated rings. The number of carbonyl (C=O) groups is 1. The number of hydrogen-bond acceptors (Lipinski definition) is 8. The number of aliphatic carboxylic acids is 1. The van der Waals surface area contributed by atoms with Gasteiger partial charge in [0.15, 0.2) is 0 Å². The van der Waals surface area contributed by atoms with Crippen LogP contribution in [-0.2, 0) is 24.3 Å². The van der Waals surface area contributed by atoms with Crippen LogP contribution < -0.4 is 16.0 Å². The average Bonchev–Trinajstić information content (AvgIpc) is 3.03. The molecule has 2 unspecified atom stereocenters. The van der Waals surface area contributed by atoms with E-state index in [0.29, 0.717) is 19.2 Å². The topological polar surface area (TPSA) is 163 Å². The van der Waals surface area contributed by atoms with Crippen LogP contribution in [0, 0.1) is 5.92 Å². The summed E-state index contributed by atoms with van der Waals surface area (Å²) >= 11 is 0. The number of nitrogens with one attached hydrogen (secondary N) is 2. The molecule has 168 valence electrons. The standard InChI is InChI=1S/C16H33BN4O7S/c1-14(2)15(3,4)28-17(27-14)7-5-6-12-10-21(11-16(12,18)13(23)24)29(25,26)20-19-8-9-22/h12,19-20,22H,5-11,18H2,1-4H3,(H,23,24). The highest BCUT2D eigenvalue weighted by atomic mass is 32.2. The molecule has 2 heterocycles. The molecule has 6 N–H and O–H groups in total. The van der Waals surface area contributed by atoms with Crippen molar-refractivity contribution in [3.63, 3.8) is 0 Å². The molecular weight excluding hydrogens is 403 g/mol. The van der Waals surface area contributed by atoms with Gasteiger partial charge in [0, 0.05) is 25.6 Å². The van der Waals surface area contributed by atoms with Gasteiger partial charge in [0.25, 0.3) is 10.2 Å². The minimum absolute atomic E-state index is 0.0116. The molecule has 29 heavy (non-hydrogen) atoms. The Morgan fingerprint density at radius 2 is 1.86 bits per heavy atom. The lowest BCUT2D eigenvalue weighted by Gasteiger charge is -2.32.